The number of methoxy groups -OCH3 is 2. The Morgan fingerprint density at radius 2 is 1.75 bits per heavy atom. The van der Waals surface area contributed by atoms with Gasteiger partial charge in [0, 0.05) is 32.2 Å². The Bertz CT molecular complexity index is 926. The summed E-state index contributed by atoms with van der Waals surface area (Å²) in [5.74, 6) is -0.192. The summed E-state index contributed by atoms with van der Waals surface area (Å²) in [7, 11) is -0.973. The van der Waals surface area contributed by atoms with Gasteiger partial charge in [-0.1, -0.05) is 0 Å². The van der Waals surface area contributed by atoms with Gasteiger partial charge in [-0.2, -0.15) is 4.31 Å². The topological polar surface area (TPSA) is 102 Å². The Kier molecular flexibility index (Phi) is 8.00. The van der Waals surface area contributed by atoms with Crippen molar-refractivity contribution in [3.05, 3.63) is 18.2 Å². The van der Waals surface area contributed by atoms with Gasteiger partial charge in [0.1, 0.15) is 16.4 Å². The first-order chi connectivity index (χ1) is 15.3. The number of benzene rings is 1. The van der Waals surface area contributed by atoms with Gasteiger partial charge < -0.3 is 19.1 Å². The van der Waals surface area contributed by atoms with Crippen LogP contribution in [0.5, 0.6) is 11.5 Å². The van der Waals surface area contributed by atoms with Gasteiger partial charge in [-0.3, -0.25) is 9.59 Å². The third kappa shape index (κ3) is 5.17. The van der Waals surface area contributed by atoms with Gasteiger partial charge in [-0.05, 0) is 44.7 Å². The maximum absolute atomic E-state index is 13.4. The number of nitrogens with zero attached hydrogens (tertiary/aromatic N) is 2. The first-order valence-electron chi connectivity index (χ1n) is 11.0. The van der Waals surface area contributed by atoms with Crippen molar-refractivity contribution in [2.24, 2.45) is 11.8 Å². The quantitative estimate of drug-likeness (QED) is 0.563. The molecule has 0 unspecified atom stereocenters. The monoisotopic (exact) mass is 468 g/mol. The number of carbonyl (C=O) groups is 2. The number of amides is 1. The summed E-state index contributed by atoms with van der Waals surface area (Å²) >= 11 is 0. The van der Waals surface area contributed by atoms with E-state index in [2.05, 4.69) is 0 Å². The largest absolute Gasteiger partial charge is 0.497 e. The first-order valence-corrected chi connectivity index (χ1v) is 12.4. The highest BCUT2D eigenvalue weighted by Crippen LogP contribution is 2.33. The molecule has 0 bridgehead atoms. The Morgan fingerprint density at radius 1 is 1.03 bits per heavy atom. The third-order valence-electron chi connectivity index (χ3n) is 6.15. The van der Waals surface area contributed by atoms with E-state index in [0.29, 0.717) is 57.7 Å². The highest BCUT2D eigenvalue weighted by molar-refractivity contribution is 7.89. The van der Waals surface area contributed by atoms with Crippen LogP contribution in [0.25, 0.3) is 0 Å². The Labute approximate surface area is 189 Å². The van der Waals surface area contributed by atoms with Crippen molar-refractivity contribution < 1.29 is 32.2 Å². The van der Waals surface area contributed by atoms with Crippen molar-refractivity contribution in [1.29, 1.82) is 0 Å². The summed E-state index contributed by atoms with van der Waals surface area (Å²) in [6.07, 6.45) is 2.37. The Morgan fingerprint density at radius 3 is 2.38 bits per heavy atom. The normalized spacial score (nSPS) is 20.6. The van der Waals surface area contributed by atoms with Gasteiger partial charge in [0.2, 0.25) is 15.9 Å². The van der Waals surface area contributed by atoms with Crippen LogP contribution in [0.1, 0.15) is 32.6 Å². The van der Waals surface area contributed by atoms with Gasteiger partial charge in [-0.15, -0.1) is 0 Å². The second kappa shape index (κ2) is 10.5. The van der Waals surface area contributed by atoms with E-state index >= 15 is 0 Å². The van der Waals surface area contributed by atoms with E-state index in [1.165, 1.54) is 24.6 Å². The minimum absolute atomic E-state index is 0.0303. The molecule has 10 heteroatoms. The van der Waals surface area contributed by atoms with E-state index in [4.69, 9.17) is 14.2 Å². The van der Waals surface area contributed by atoms with Crippen molar-refractivity contribution in [1.82, 2.24) is 9.21 Å². The molecular weight excluding hydrogens is 436 g/mol. The molecule has 9 nitrogen and oxygen atoms in total. The minimum atomic E-state index is -3.86. The molecule has 0 radical (unpaired) electrons. The zero-order valence-electron chi connectivity index (χ0n) is 18.9. The van der Waals surface area contributed by atoms with Gasteiger partial charge in [0.05, 0.1) is 32.7 Å². The zero-order chi connectivity index (χ0) is 23.3. The molecule has 0 saturated carbocycles. The SMILES string of the molecule is CCOC(=O)C1CCN(C(=O)[C@@H]2CCCN(S(=O)(=O)c3cc(OC)ccc3OC)C2)CC1. The standard InChI is InChI=1S/C22H32N2O7S/c1-4-31-22(26)16-9-12-23(13-10-16)21(25)17-6-5-11-24(15-17)32(27,28)20-14-18(29-2)7-8-19(20)30-3/h7-8,14,16-17H,4-6,9-13,15H2,1-3H3/t17-/m1/s1. The van der Waals surface area contributed by atoms with E-state index in [1.54, 1.807) is 24.0 Å². The minimum Gasteiger partial charge on any atom is -0.497 e. The van der Waals surface area contributed by atoms with E-state index in [1.807, 2.05) is 0 Å². The number of sulfonamides is 1. The number of esters is 1. The molecule has 178 valence electrons. The highest BCUT2D eigenvalue weighted by atomic mass is 32.2. The molecule has 1 aromatic rings. The third-order valence-corrected chi connectivity index (χ3v) is 8.03. The van der Waals surface area contributed by atoms with E-state index < -0.39 is 15.9 Å². The number of likely N-dealkylation sites (tertiary alicyclic amines) is 1. The number of piperidine rings is 2. The van der Waals surface area contributed by atoms with Gasteiger partial charge in [0.15, 0.2) is 0 Å². The average Bonchev–Trinajstić information content (AvgIpc) is 2.83. The maximum Gasteiger partial charge on any atom is 0.309 e. The Balaban J connectivity index is 1.69. The van der Waals surface area contributed by atoms with Crippen LogP contribution in [-0.4, -0.2) is 76.5 Å². The number of hydrogen-bond acceptors (Lipinski definition) is 7. The van der Waals surface area contributed by atoms with Crippen molar-refractivity contribution in [2.45, 2.75) is 37.5 Å². The molecule has 2 fully saturated rings. The molecule has 0 N–H and O–H groups in total. The molecular formula is C22H32N2O7S. The lowest BCUT2D eigenvalue weighted by Crippen LogP contribution is -2.49. The van der Waals surface area contributed by atoms with Gasteiger partial charge in [-0.25, -0.2) is 8.42 Å². The van der Waals surface area contributed by atoms with Gasteiger partial charge >= 0.3 is 5.97 Å². The second-order valence-corrected chi connectivity index (χ2v) is 9.98. The lowest BCUT2D eigenvalue weighted by atomic mass is 9.93. The van der Waals surface area contributed by atoms with Crippen LogP contribution in [0, 0.1) is 11.8 Å². The Hall–Kier alpha value is -2.33. The van der Waals surface area contributed by atoms with E-state index in [-0.39, 0.29) is 35.0 Å². The predicted octanol–water partition coefficient (Wildman–Crippen LogP) is 1.91. The fourth-order valence-electron chi connectivity index (χ4n) is 4.34. The number of hydrogen-bond donors (Lipinski definition) is 0. The molecule has 1 atom stereocenters. The molecule has 1 aromatic carbocycles. The van der Waals surface area contributed by atoms with E-state index in [9.17, 15) is 18.0 Å². The van der Waals surface area contributed by atoms with E-state index in [0.717, 1.165) is 0 Å². The molecule has 0 spiro atoms. The van der Waals surface area contributed by atoms with Crippen molar-refractivity contribution >= 4 is 21.9 Å². The van der Waals surface area contributed by atoms with Crippen molar-refractivity contribution in [2.75, 3.05) is 47.0 Å². The molecule has 1 amide bonds. The van der Waals surface area contributed by atoms with Crippen LogP contribution in [0.15, 0.2) is 23.1 Å². The second-order valence-electron chi connectivity index (χ2n) is 8.07. The fourth-order valence-corrected chi connectivity index (χ4v) is 6.04. The summed E-state index contributed by atoms with van der Waals surface area (Å²) in [4.78, 5) is 26.9. The highest BCUT2D eigenvalue weighted by Gasteiger charge is 2.38. The van der Waals surface area contributed by atoms with Crippen LogP contribution in [-0.2, 0) is 24.3 Å². The molecule has 3 rings (SSSR count). The molecule has 2 heterocycles. The maximum atomic E-state index is 13.4. The number of rotatable bonds is 7. The van der Waals surface area contributed by atoms with Crippen LogP contribution in [0.2, 0.25) is 0 Å². The average molecular weight is 469 g/mol. The molecule has 0 aliphatic carbocycles. The molecule has 2 saturated heterocycles. The first kappa shape index (κ1) is 24.3. The molecule has 2 aliphatic heterocycles. The summed E-state index contributed by atoms with van der Waals surface area (Å²) < 4.78 is 43.6. The zero-order valence-corrected chi connectivity index (χ0v) is 19.7. The van der Waals surface area contributed by atoms with Crippen LogP contribution in [0.3, 0.4) is 0 Å². The molecule has 32 heavy (non-hydrogen) atoms. The fraction of sp³-hybridized carbons (Fsp3) is 0.636. The molecule has 2 aliphatic rings. The lowest BCUT2D eigenvalue weighted by molar-refractivity contribution is -0.152. The number of ether oxygens (including phenoxy) is 3. The summed E-state index contributed by atoms with van der Waals surface area (Å²) in [6.45, 7) is 3.56. The summed E-state index contributed by atoms with van der Waals surface area (Å²) in [6, 6.07) is 4.64. The van der Waals surface area contributed by atoms with Crippen LogP contribution >= 0.6 is 0 Å². The van der Waals surface area contributed by atoms with Crippen LogP contribution < -0.4 is 9.47 Å². The summed E-state index contributed by atoms with van der Waals surface area (Å²) in [5, 5.41) is 0. The van der Waals surface area contributed by atoms with Crippen LogP contribution in [0.4, 0.5) is 0 Å². The number of carbonyl (C=O) groups excluding carboxylic acids is 2. The van der Waals surface area contributed by atoms with Crippen molar-refractivity contribution in [3.8, 4) is 11.5 Å². The smallest absolute Gasteiger partial charge is 0.309 e. The lowest BCUT2D eigenvalue weighted by Gasteiger charge is -2.37. The summed E-state index contributed by atoms with van der Waals surface area (Å²) in [5.41, 5.74) is 0. The molecule has 0 aromatic heterocycles. The van der Waals surface area contributed by atoms with Gasteiger partial charge in [0.25, 0.3) is 0 Å². The van der Waals surface area contributed by atoms with Crippen molar-refractivity contribution in [3.63, 3.8) is 0 Å². The predicted molar refractivity (Wildman–Crippen MR) is 117 cm³/mol.